The largest absolute Gasteiger partial charge is 0.454 e. The summed E-state index contributed by atoms with van der Waals surface area (Å²) in [6.45, 7) is 2.27. The number of benzene rings is 1. The van der Waals surface area contributed by atoms with Gasteiger partial charge in [0.15, 0.2) is 11.5 Å². The molecule has 2 aliphatic rings. The molecule has 1 aliphatic heterocycles. The van der Waals surface area contributed by atoms with Gasteiger partial charge < -0.3 is 14.8 Å². The maximum atomic E-state index is 5.43. The van der Waals surface area contributed by atoms with E-state index in [0.29, 0.717) is 6.79 Å². The Morgan fingerprint density at radius 1 is 1.26 bits per heavy atom. The van der Waals surface area contributed by atoms with Gasteiger partial charge in [-0.2, -0.15) is 0 Å². The molecule has 4 heteroatoms. The quantitative estimate of drug-likeness (QED) is 0.858. The fourth-order valence-corrected chi connectivity index (χ4v) is 3.19. The van der Waals surface area contributed by atoms with Crippen LogP contribution in [0, 0.1) is 5.92 Å². The fraction of sp³-hybridized carbons (Fsp3) is 0.467. The van der Waals surface area contributed by atoms with Gasteiger partial charge in [0.1, 0.15) is 0 Å². The lowest BCUT2D eigenvalue weighted by Gasteiger charge is -2.18. The number of halogens is 1. The van der Waals surface area contributed by atoms with Gasteiger partial charge in [0.05, 0.1) is 4.47 Å². The highest BCUT2D eigenvalue weighted by Crippen LogP contribution is 2.39. The van der Waals surface area contributed by atoms with Crippen LogP contribution in [0.15, 0.2) is 28.8 Å². The van der Waals surface area contributed by atoms with Crippen molar-refractivity contribution in [1.29, 1.82) is 0 Å². The van der Waals surface area contributed by atoms with Gasteiger partial charge in [-0.3, -0.25) is 0 Å². The predicted molar refractivity (Wildman–Crippen MR) is 78.5 cm³/mol. The minimum Gasteiger partial charge on any atom is -0.454 e. The van der Waals surface area contributed by atoms with Crippen LogP contribution in [0.5, 0.6) is 11.5 Å². The zero-order chi connectivity index (χ0) is 13.1. The second kappa shape index (κ2) is 5.97. The smallest absolute Gasteiger partial charge is 0.231 e. The van der Waals surface area contributed by atoms with E-state index in [1.807, 2.05) is 0 Å². The van der Waals surface area contributed by atoms with Crippen molar-refractivity contribution in [2.75, 3.05) is 13.3 Å². The van der Waals surface area contributed by atoms with E-state index in [-0.39, 0.29) is 0 Å². The van der Waals surface area contributed by atoms with Crippen LogP contribution >= 0.6 is 15.9 Å². The van der Waals surface area contributed by atoms with Gasteiger partial charge in [0, 0.05) is 6.54 Å². The van der Waals surface area contributed by atoms with Gasteiger partial charge in [0.25, 0.3) is 0 Å². The van der Waals surface area contributed by atoms with E-state index in [0.717, 1.165) is 35.0 Å². The Morgan fingerprint density at radius 3 is 3.05 bits per heavy atom. The van der Waals surface area contributed by atoms with Crippen molar-refractivity contribution in [3.63, 3.8) is 0 Å². The van der Waals surface area contributed by atoms with E-state index in [4.69, 9.17) is 9.47 Å². The number of fused-ring (bicyclic) bond motifs is 1. The van der Waals surface area contributed by atoms with Crippen LogP contribution in [-0.4, -0.2) is 13.3 Å². The van der Waals surface area contributed by atoms with Crippen LogP contribution in [0.1, 0.15) is 24.8 Å². The van der Waals surface area contributed by atoms with Gasteiger partial charge in [-0.25, -0.2) is 0 Å². The fourth-order valence-electron chi connectivity index (χ4n) is 2.59. The molecule has 0 fully saturated rings. The van der Waals surface area contributed by atoms with Crippen LogP contribution in [0.25, 0.3) is 0 Å². The molecule has 0 radical (unpaired) electrons. The standard InChI is InChI=1S/C15H18BrNO2/c16-13-6-12(7-14-15(13)19-10-18-14)9-17-8-11-4-2-1-3-5-11/h1-2,6-7,11,17H,3-5,8-10H2. The number of nitrogens with one attached hydrogen (secondary N) is 1. The van der Waals surface area contributed by atoms with Crippen molar-refractivity contribution in [2.45, 2.75) is 25.8 Å². The molecule has 0 spiro atoms. The third kappa shape index (κ3) is 3.12. The van der Waals surface area contributed by atoms with Crippen molar-refractivity contribution in [3.8, 4) is 11.5 Å². The molecule has 1 aromatic rings. The Morgan fingerprint density at radius 2 is 2.21 bits per heavy atom. The lowest BCUT2D eigenvalue weighted by molar-refractivity contribution is 0.173. The molecule has 0 saturated heterocycles. The van der Waals surface area contributed by atoms with Gasteiger partial charge in [-0.1, -0.05) is 12.2 Å². The molecule has 1 N–H and O–H groups in total. The molecular weight excluding hydrogens is 306 g/mol. The van der Waals surface area contributed by atoms with Crippen LogP contribution in [0.2, 0.25) is 0 Å². The third-order valence-corrected chi connectivity index (χ3v) is 4.22. The summed E-state index contributed by atoms with van der Waals surface area (Å²) < 4.78 is 11.8. The Labute approximate surface area is 122 Å². The van der Waals surface area contributed by atoms with E-state index in [2.05, 4.69) is 45.5 Å². The summed E-state index contributed by atoms with van der Waals surface area (Å²) >= 11 is 3.52. The van der Waals surface area contributed by atoms with Crippen molar-refractivity contribution in [1.82, 2.24) is 5.32 Å². The monoisotopic (exact) mass is 323 g/mol. The second-order valence-electron chi connectivity index (χ2n) is 5.09. The molecule has 3 rings (SSSR count). The summed E-state index contributed by atoms with van der Waals surface area (Å²) in [6, 6.07) is 4.15. The van der Waals surface area contributed by atoms with Crippen LogP contribution in [0.4, 0.5) is 0 Å². The maximum Gasteiger partial charge on any atom is 0.231 e. The molecule has 1 heterocycles. The summed E-state index contributed by atoms with van der Waals surface area (Å²) in [5, 5.41) is 3.54. The van der Waals surface area contributed by atoms with Crippen molar-refractivity contribution < 1.29 is 9.47 Å². The van der Waals surface area contributed by atoms with Crippen molar-refractivity contribution >= 4 is 15.9 Å². The van der Waals surface area contributed by atoms with Gasteiger partial charge in [-0.15, -0.1) is 0 Å². The lowest BCUT2D eigenvalue weighted by atomic mass is 9.94. The Kier molecular flexibility index (Phi) is 4.09. The van der Waals surface area contributed by atoms with Crippen LogP contribution in [-0.2, 0) is 6.54 Å². The molecule has 1 aromatic carbocycles. The molecule has 0 aromatic heterocycles. The predicted octanol–water partition coefficient (Wildman–Crippen LogP) is 3.62. The topological polar surface area (TPSA) is 30.5 Å². The van der Waals surface area contributed by atoms with Gasteiger partial charge >= 0.3 is 0 Å². The van der Waals surface area contributed by atoms with E-state index in [1.165, 1.54) is 24.8 Å². The van der Waals surface area contributed by atoms with E-state index in [1.54, 1.807) is 0 Å². The van der Waals surface area contributed by atoms with E-state index in [9.17, 15) is 0 Å². The highest BCUT2D eigenvalue weighted by atomic mass is 79.9. The van der Waals surface area contributed by atoms with Gasteiger partial charge in [-0.05, 0) is 65.4 Å². The van der Waals surface area contributed by atoms with Crippen molar-refractivity contribution in [3.05, 3.63) is 34.3 Å². The Balaban J connectivity index is 1.55. The van der Waals surface area contributed by atoms with Crippen LogP contribution in [0.3, 0.4) is 0 Å². The first-order valence-corrected chi connectivity index (χ1v) is 7.56. The summed E-state index contributed by atoms with van der Waals surface area (Å²) in [5.41, 5.74) is 1.22. The minimum absolute atomic E-state index is 0.319. The van der Waals surface area contributed by atoms with E-state index < -0.39 is 0 Å². The number of hydrogen-bond donors (Lipinski definition) is 1. The molecule has 102 valence electrons. The molecule has 19 heavy (non-hydrogen) atoms. The first-order chi connectivity index (χ1) is 9.33. The average molecular weight is 324 g/mol. The normalized spacial score (nSPS) is 20.8. The molecule has 0 saturated carbocycles. The molecule has 1 unspecified atom stereocenters. The third-order valence-electron chi connectivity index (χ3n) is 3.63. The number of ether oxygens (including phenoxy) is 2. The molecular formula is C15H18BrNO2. The zero-order valence-corrected chi connectivity index (χ0v) is 12.4. The number of allylic oxidation sites excluding steroid dienone is 2. The van der Waals surface area contributed by atoms with Crippen molar-refractivity contribution in [2.24, 2.45) is 5.92 Å². The highest BCUT2D eigenvalue weighted by molar-refractivity contribution is 9.10. The first-order valence-electron chi connectivity index (χ1n) is 6.76. The molecule has 1 atom stereocenters. The summed E-state index contributed by atoms with van der Waals surface area (Å²) in [7, 11) is 0. The average Bonchev–Trinajstić information content (AvgIpc) is 2.89. The molecule has 0 bridgehead atoms. The SMILES string of the molecule is Brc1cc(CNCC2CC=CCC2)cc2c1OCO2. The molecule has 1 aliphatic carbocycles. The maximum absolute atomic E-state index is 5.43. The van der Waals surface area contributed by atoms with Crippen LogP contribution < -0.4 is 14.8 Å². The minimum atomic E-state index is 0.319. The molecule has 3 nitrogen and oxygen atoms in total. The first kappa shape index (κ1) is 13.0. The van der Waals surface area contributed by atoms with Gasteiger partial charge in [0.2, 0.25) is 6.79 Å². The number of hydrogen-bond acceptors (Lipinski definition) is 3. The highest BCUT2D eigenvalue weighted by Gasteiger charge is 2.18. The molecule has 0 amide bonds. The summed E-state index contributed by atoms with van der Waals surface area (Å²) in [5.74, 6) is 2.44. The Hall–Kier alpha value is -1.00. The Bertz CT molecular complexity index is 487. The zero-order valence-electron chi connectivity index (χ0n) is 10.8. The lowest BCUT2D eigenvalue weighted by Crippen LogP contribution is -2.23. The summed E-state index contributed by atoms with van der Waals surface area (Å²) in [4.78, 5) is 0. The number of rotatable bonds is 4. The summed E-state index contributed by atoms with van der Waals surface area (Å²) in [6.07, 6.45) is 8.31. The van der Waals surface area contributed by atoms with E-state index >= 15 is 0 Å². The second-order valence-corrected chi connectivity index (χ2v) is 5.95.